The highest BCUT2D eigenvalue weighted by molar-refractivity contribution is 6.13. The lowest BCUT2D eigenvalue weighted by atomic mass is 9.86. The summed E-state index contributed by atoms with van der Waals surface area (Å²) in [5, 5.41) is 0. The molecular weight excluding hydrogens is 416 g/mol. The maximum absolute atomic E-state index is 12.9. The minimum Gasteiger partial charge on any atom is -0.496 e. The number of carbonyl (C=O) groups is 2. The van der Waals surface area contributed by atoms with Gasteiger partial charge in [-0.3, -0.25) is 4.79 Å². The van der Waals surface area contributed by atoms with Gasteiger partial charge < -0.3 is 14.2 Å². The third-order valence-electron chi connectivity index (χ3n) is 5.63. The van der Waals surface area contributed by atoms with Crippen molar-refractivity contribution in [2.45, 2.75) is 26.4 Å². The molecule has 4 rings (SSSR count). The summed E-state index contributed by atoms with van der Waals surface area (Å²) in [5.41, 5.74) is 4.76. The molecule has 0 heterocycles. The number of hydrogen-bond donors (Lipinski definition) is 0. The summed E-state index contributed by atoms with van der Waals surface area (Å²) in [7, 11) is 1.60. The fourth-order valence-electron chi connectivity index (χ4n) is 3.98. The number of ether oxygens (including phenoxy) is 3. The van der Waals surface area contributed by atoms with Gasteiger partial charge in [0.1, 0.15) is 23.7 Å². The Hall–Kier alpha value is -3.86. The largest absolute Gasteiger partial charge is 0.496 e. The Labute approximate surface area is 193 Å². The number of fused-ring (bicyclic) bond motifs is 1. The number of ketones is 1. The molecule has 0 radical (unpaired) electrons. The molecule has 5 nitrogen and oxygen atoms in total. The summed E-state index contributed by atoms with van der Waals surface area (Å²) in [4.78, 5) is 25.2. The monoisotopic (exact) mass is 442 g/mol. The molecule has 33 heavy (non-hydrogen) atoms. The number of benzene rings is 3. The van der Waals surface area contributed by atoms with Gasteiger partial charge in [-0.25, -0.2) is 4.79 Å². The minimum absolute atomic E-state index is 0.0776. The Morgan fingerprint density at radius 1 is 0.970 bits per heavy atom. The molecule has 0 atom stereocenters. The van der Waals surface area contributed by atoms with Gasteiger partial charge in [-0.05, 0) is 61.2 Å². The third-order valence-corrected chi connectivity index (χ3v) is 5.63. The van der Waals surface area contributed by atoms with Crippen LogP contribution in [-0.2, 0) is 17.8 Å². The number of carbonyl (C=O) groups excluding carboxylic acids is 2. The molecule has 0 bridgehead atoms. The lowest BCUT2D eigenvalue weighted by Crippen LogP contribution is -2.13. The number of aryl methyl sites for hydroxylation is 1. The smallest absolute Gasteiger partial charge is 0.341 e. The molecule has 0 aliphatic heterocycles. The molecule has 0 unspecified atom stereocenters. The van der Waals surface area contributed by atoms with E-state index < -0.39 is 5.97 Å². The molecule has 168 valence electrons. The van der Waals surface area contributed by atoms with E-state index in [1.54, 1.807) is 32.2 Å². The molecule has 0 aromatic heterocycles. The summed E-state index contributed by atoms with van der Waals surface area (Å²) in [6.07, 6.45) is 3.50. The van der Waals surface area contributed by atoms with Crippen LogP contribution in [-0.4, -0.2) is 25.5 Å². The zero-order chi connectivity index (χ0) is 23.2. The molecule has 1 aliphatic rings. The molecule has 0 spiro atoms. The van der Waals surface area contributed by atoms with Crippen molar-refractivity contribution in [3.8, 4) is 11.5 Å². The van der Waals surface area contributed by atoms with Gasteiger partial charge in [0.2, 0.25) is 0 Å². The zero-order valence-corrected chi connectivity index (χ0v) is 18.8. The van der Waals surface area contributed by atoms with Crippen molar-refractivity contribution in [1.29, 1.82) is 0 Å². The zero-order valence-electron chi connectivity index (χ0n) is 18.8. The number of para-hydroxylation sites is 1. The first-order valence-electron chi connectivity index (χ1n) is 11.0. The summed E-state index contributed by atoms with van der Waals surface area (Å²) in [6, 6.07) is 20.5. The van der Waals surface area contributed by atoms with Crippen molar-refractivity contribution in [2.24, 2.45) is 0 Å². The van der Waals surface area contributed by atoms with E-state index in [0.29, 0.717) is 30.1 Å². The molecule has 0 N–H and O–H groups in total. The van der Waals surface area contributed by atoms with Crippen LogP contribution in [0.4, 0.5) is 0 Å². The maximum atomic E-state index is 12.9. The van der Waals surface area contributed by atoms with Crippen LogP contribution in [0.25, 0.3) is 6.08 Å². The average molecular weight is 443 g/mol. The van der Waals surface area contributed by atoms with E-state index in [1.807, 2.05) is 54.6 Å². The Morgan fingerprint density at radius 2 is 1.76 bits per heavy atom. The van der Waals surface area contributed by atoms with Crippen molar-refractivity contribution >= 4 is 17.8 Å². The minimum atomic E-state index is -0.422. The molecule has 0 saturated heterocycles. The number of methoxy groups -OCH3 is 1. The molecule has 3 aromatic rings. The van der Waals surface area contributed by atoms with Crippen LogP contribution >= 0.6 is 0 Å². The lowest BCUT2D eigenvalue weighted by Gasteiger charge is -2.17. The van der Waals surface area contributed by atoms with Crippen LogP contribution in [0.15, 0.2) is 72.3 Å². The van der Waals surface area contributed by atoms with Gasteiger partial charge in [0.05, 0.1) is 13.7 Å². The second kappa shape index (κ2) is 10.2. The Morgan fingerprint density at radius 3 is 2.58 bits per heavy atom. The van der Waals surface area contributed by atoms with Crippen molar-refractivity contribution in [1.82, 2.24) is 0 Å². The lowest BCUT2D eigenvalue weighted by molar-refractivity contribution is 0.0521. The number of allylic oxidation sites excluding steroid dienone is 1. The van der Waals surface area contributed by atoms with E-state index in [9.17, 15) is 9.59 Å². The normalized spacial score (nSPS) is 14.0. The van der Waals surface area contributed by atoms with Gasteiger partial charge in [0.25, 0.3) is 0 Å². The topological polar surface area (TPSA) is 61.8 Å². The van der Waals surface area contributed by atoms with Crippen molar-refractivity contribution < 1.29 is 23.8 Å². The van der Waals surface area contributed by atoms with E-state index in [1.165, 1.54) is 0 Å². The SMILES string of the molecule is CCOC(=O)c1ccccc1OCc1cc(/C=C2\CCc3ccccc3C2=O)ccc1OC. The van der Waals surface area contributed by atoms with Crippen LogP contribution < -0.4 is 9.47 Å². The number of hydrogen-bond acceptors (Lipinski definition) is 5. The predicted octanol–water partition coefficient (Wildman–Crippen LogP) is 5.66. The van der Waals surface area contributed by atoms with Gasteiger partial charge in [-0.1, -0.05) is 42.5 Å². The van der Waals surface area contributed by atoms with E-state index >= 15 is 0 Å². The quantitative estimate of drug-likeness (QED) is 0.349. The van der Waals surface area contributed by atoms with Crippen molar-refractivity contribution in [2.75, 3.05) is 13.7 Å². The van der Waals surface area contributed by atoms with Crippen LogP contribution in [0.2, 0.25) is 0 Å². The predicted molar refractivity (Wildman–Crippen MR) is 127 cm³/mol. The molecule has 0 amide bonds. The second-order valence-electron chi connectivity index (χ2n) is 7.73. The maximum Gasteiger partial charge on any atom is 0.341 e. The van der Waals surface area contributed by atoms with Gasteiger partial charge in [0.15, 0.2) is 5.78 Å². The Balaban J connectivity index is 1.57. The number of Topliss-reactive ketones (excluding diaryl/α,β-unsaturated/α-hetero) is 1. The Bertz CT molecular complexity index is 1210. The summed E-state index contributed by atoms with van der Waals surface area (Å²) < 4.78 is 16.6. The van der Waals surface area contributed by atoms with Gasteiger partial charge in [-0.15, -0.1) is 0 Å². The first-order chi connectivity index (χ1) is 16.1. The highest BCUT2D eigenvalue weighted by atomic mass is 16.5. The molecule has 1 aliphatic carbocycles. The van der Waals surface area contributed by atoms with Crippen LogP contribution in [0, 0.1) is 0 Å². The van der Waals surface area contributed by atoms with Crippen molar-refractivity contribution in [3.05, 3.63) is 100 Å². The van der Waals surface area contributed by atoms with E-state index in [-0.39, 0.29) is 12.4 Å². The number of rotatable bonds is 7. The van der Waals surface area contributed by atoms with E-state index in [2.05, 4.69) is 0 Å². The summed E-state index contributed by atoms with van der Waals surface area (Å²) in [5.74, 6) is 0.774. The molecule has 0 saturated carbocycles. The summed E-state index contributed by atoms with van der Waals surface area (Å²) >= 11 is 0. The Kier molecular flexibility index (Phi) is 6.89. The fraction of sp³-hybridized carbons (Fsp3) is 0.214. The highest BCUT2D eigenvalue weighted by Crippen LogP contribution is 2.29. The van der Waals surface area contributed by atoms with E-state index in [0.717, 1.165) is 34.2 Å². The van der Waals surface area contributed by atoms with Crippen LogP contribution in [0.1, 0.15) is 50.8 Å². The van der Waals surface area contributed by atoms with Crippen LogP contribution in [0.3, 0.4) is 0 Å². The molecule has 0 fully saturated rings. The van der Waals surface area contributed by atoms with Gasteiger partial charge >= 0.3 is 5.97 Å². The first kappa shape index (κ1) is 22.3. The molecule has 5 heteroatoms. The highest BCUT2D eigenvalue weighted by Gasteiger charge is 2.21. The summed E-state index contributed by atoms with van der Waals surface area (Å²) in [6.45, 7) is 2.26. The first-order valence-corrected chi connectivity index (χ1v) is 11.0. The second-order valence-corrected chi connectivity index (χ2v) is 7.73. The third kappa shape index (κ3) is 4.98. The molecular formula is C28H26O5. The molecule has 3 aromatic carbocycles. The van der Waals surface area contributed by atoms with Gasteiger partial charge in [0, 0.05) is 16.7 Å². The fourth-order valence-corrected chi connectivity index (χ4v) is 3.98. The van der Waals surface area contributed by atoms with Crippen LogP contribution in [0.5, 0.6) is 11.5 Å². The average Bonchev–Trinajstić information content (AvgIpc) is 2.85. The van der Waals surface area contributed by atoms with Crippen molar-refractivity contribution in [3.63, 3.8) is 0 Å². The number of esters is 1. The van der Waals surface area contributed by atoms with E-state index in [4.69, 9.17) is 14.2 Å². The standard InChI is InChI=1S/C28H26O5/c1-3-32-28(30)24-10-6-7-11-26(24)33-18-22-17-19(12-15-25(22)31-2)16-21-14-13-20-8-4-5-9-23(20)27(21)29/h4-12,15-17H,3,13-14,18H2,1-2H3/b21-16+. The van der Waals surface area contributed by atoms with Gasteiger partial charge in [-0.2, -0.15) is 0 Å².